The van der Waals surface area contributed by atoms with Crippen molar-refractivity contribution in [1.29, 1.82) is 0 Å². The standard InChI is InChI=1S/C16H22N2O10S/c1-8(20)17-10-3-5-11(6-4-10)26-16-13(18-9(2)21)14(22)15(12(7-19)27-16)28-29(23,24)25/h3-6,12-16,19,22H,7H2,1-2H3,(H,17,20)(H,18,21)(H,23,24,25)/t12-,13-,14-,15+,16-/m1/s1. The summed E-state index contributed by atoms with van der Waals surface area (Å²) in [4.78, 5) is 22.6. The molecule has 0 radical (unpaired) electrons. The van der Waals surface area contributed by atoms with E-state index < -0.39 is 53.6 Å². The number of anilines is 1. The van der Waals surface area contributed by atoms with E-state index in [1.165, 1.54) is 31.2 Å². The van der Waals surface area contributed by atoms with Gasteiger partial charge in [0.2, 0.25) is 18.1 Å². The Morgan fingerprint density at radius 2 is 1.79 bits per heavy atom. The number of aliphatic hydroxyl groups is 2. The van der Waals surface area contributed by atoms with Gasteiger partial charge in [0.25, 0.3) is 0 Å². The Morgan fingerprint density at radius 1 is 1.17 bits per heavy atom. The van der Waals surface area contributed by atoms with Crippen LogP contribution in [-0.4, -0.2) is 72.2 Å². The van der Waals surface area contributed by atoms with Crippen LogP contribution in [0.5, 0.6) is 5.75 Å². The number of carbonyl (C=O) groups excluding carboxylic acids is 2. The van der Waals surface area contributed by atoms with Gasteiger partial charge in [-0.25, -0.2) is 4.18 Å². The SMILES string of the molecule is CC(=O)Nc1ccc(O[C@@H]2O[C@H](CO)[C@H](OS(=O)(=O)O)[C@H](O)[C@H]2NC(C)=O)cc1. The fourth-order valence-electron chi connectivity index (χ4n) is 2.77. The highest BCUT2D eigenvalue weighted by atomic mass is 32.3. The summed E-state index contributed by atoms with van der Waals surface area (Å²) in [5, 5.41) is 24.9. The van der Waals surface area contributed by atoms with Crippen LogP contribution in [0.25, 0.3) is 0 Å². The first-order valence-corrected chi connectivity index (χ1v) is 9.78. The minimum atomic E-state index is -4.98. The summed E-state index contributed by atoms with van der Waals surface area (Å²) in [6.45, 7) is 1.73. The van der Waals surface area contributed by atoms with E-state index in [-0.39, 0.29) is 11.7 Å². The minimum Gasteiger partial charge on any atom is -0.463 e. The number of benzene rings is 1. The molecule has 12 nitrogen and oxygen atoms in total. The third kappa shape index (κ3) is 6.62. The van der Waals surface area contributed by atoms with Crippen LogP contribution >= 0.6 is 0 Å². The van der Waals surface area contributed by atoms with Crippen molar-refractivity contribution < 1.29 is 46.4 Å². The Morgan fingerprint density at radius 3 is 2.28 bits per heavy atom. The third-order valence-corrected chi connectivity index (χ3v) is 4.35. The van der Waals surface area contributed by atoms with E-state index in [0.717, 1.165) is 6.92 Å². The Hall–Kier alpha value is -2.29. The second kappa shape index (κ2) is 9.47. The second-order valence-corrected chi connectivity index (χ2v) is 7.30. The number of hydrogen-bond donors (Lipinski definition) is 5. The molecule has 1 fully saturated rings. The molecule has 1 saturated heterocycles. The summed E-state index contributed by atoms with van der Waals surface area (Å²) in [5.41, 5.74) is 0.503. The van der Waals surface area contributed by atoms with Gasteiger partial charge < -0.3 is 30.3 Å². The lowest BCUT2D eigenvalue weighted by molar-refractivity contribution is -0.239. The Kier molecular flexibility index (Phi) is 7.51. The van der Waals surface area contributed by atoms with Crippen LogP contribution in [0.4, 0.5) is 5.69 Å². The summed E-state index contributed by atoms with van der Waals surface area (Å²) in [7, 11) is -4.98. The zero-order valence-corrected chi connectivity index (χ0v) is 16.3. The Balaban J connectivity index is 2.24. The summed E-state index contributed by atoms with van der Waals surface area (Å²) >= 11 is 0. The number of amides is 2. The maximum Gasteiger partial charge on any atom is 0.397 e. The fourth-order valence-corrected chi connectivity index (χ4v) is 3.29. The predicted octanol–water partition coefficient (Wildman–Crippen LogP) is -1.21. The molecule has 0 saturated carbocycles. The van der Waals surface area contributed by atoms with E-state index in [9.17, 15) is 28.2 Å². The molecular formula is C16H22N2O10S. The van der Waals surface area contributed by atoms with Crippen LogP contribution in [0.2, 0.25) is 0 Å². The average Bonchev–Trinajstić information content (AvgIpc) is 2.60. The van der Waals surface area contributed by atoms with Crippen molar-refractivity contribution in [3.63, 3.8) is 0 Å². The van der Waals surface area contributed by atoms with Gasteiger partial charge in [0.05, 0.1) is 6.61 Å². The van der Waals surface area contributed by atoms with Gasteiger partial charge in [-0.1, -0.05) is 0 Å². The van der Waals surface area contributed by atoms with Crippen LogP contribution in [0.15, 0.2) is 24.3 Å². The molecule has 0 spiro atoms. The molecule has 0 unspecified atom stereocenters. The lowest BCUT2D eigenvalue weighted by Gasteiger charge is -2.43. The summed E-state index contributed by atoms with van der Waals surface area (Å²) < 4.78 is 46.5. The van der Waals surface area contributed by atoms with Gasteiger partial charge in [-0.15, -0.1) is 0 Å². The second-order valence-electron chi connectivity index (χ2n) is 6.25. The molecular weight excluding hydrogens is 412 g/mol. The van der Waals surface area contributed by atoms with Crippen molar-refractivity contribution >= 4 is 27.9 Å². The number of rotatable bonds is 7. The first-order valence-electron chi connectivity index (χ1n) is 8.41. The molecule has 1 aliphatic heterocycles. The quantitative estimate of drug-likeness (QED) is 0.327. The molecule has 0 aliphatic carbocycles. The molecule has 1 heterocycles. The van der Waals surface area contributed by atoms with Crippen LogP contribution < -0.4 is 15.4 Å². The molecule has 2 amide bonds. The monoisotopic (exact) mass is 434 g/mol. The van der Waals surface area contributed by atoms with Gasteiger partial charge >= 0.3 is 10.4 Å². The van der Waals surface area contributed by atoms with Gasteiger partial charge in [0.1, 0.15) is 30.1 Å². The summed E-state index contributed by atoms with van der Waals surface area (Å²) in [5.74, 6) is -0.614. The van der Waals surface area contributed by atoms with Gasteiger partial charge in [-0.2, -0.15) is 8.42 Å². The highest BCUT2D eigenvalue weighted by Crippen LogP contribution is 2.27. The van der Waals surface area contributed by atoms with Crippen LogP contribution in [0.3, 0.4) is 0 Å². The van der Waals surface area contributed by atoms with Crippen molar-refractivity contribution in [2.24, 2.45) is 0 Å². The zero-order chi connectivity index (χ0) is 21.8. The lowest BCUT2D eigenvalue weighted by Crippen LogP contribution is -2.66. The van der Waals surface area contributed by atoms with Crippen molar-refractivity contribution in [2.45, 2.75) is 44.5 Å². The molecule has 13 heteroatoms. The molecule has 5 N–H and O–H groups in total. The fraction of sp³-hybridized carbons (Fsp3) is 0.500. The molecule has 162 valence electrons. The third-order valence-electron chi connectivity index (χ3n) is 3.88. The van der Waals surface area contributed by atoms with E-state index in [2.05, 4.69) is 14.8 Å². The highest BCUT2D eigenvalue weighted by Gasteiger charge is 2.49. The van der Waals surface area contributed by atoms with Gasteiger partial charge in [0, 0.05) is 19.5 Å². The van der Waals surface area contributed by atoms with Crippen LogP contribution in [0.1, 0.15) is 13.8 Å². The predicted molar refractivity (Wildman–Crippen MR) is 97.2 cm³/mol. The summed E-state index contributed by atoms with van der Waals surface area (Å²) in [6, 6.07) is 4.76. The molecule has 1 aromatic rings. The maximum absolute atomic E-state index is 11.5. The van der Waals surface area contributed by atoms with E-state index in [0.29, 0.717) is 5.69 Å². The largest absolute Gasteiger partial charge is 0.463 e. The van der Waals surface area contributed by atoms with Gasteiger partial charge in [-0.05, 0) is 24.3 Å². The van der Waals surface area contributed by atoms with Crippen LogP contribution in [0, 0.1) is 0 Å². The average molecular weight is 434 g/mol. The van der Waals surface area contributed by atoms with Crippen molar-refractivity contribution in [3.05, 3.63) is 24.3 Å². The normalized spacial score (nSPS) is 27.1. The molecule has 0 aromatic heterocycles. The van der Waals surface area contributed by atoms with Crippen molar-refractivity contribution in [1.82, 2.24) is 5.32 Å². The number of hydrogen-bond acceptors (Lipinski definition) is 9. The van der Waals surface area contributed by atoms with Crippen LogP contribution in [-0.2, 0) is 28.9 Å². The Bertz CT molecular complexity index is 829. The van der Waals surface area contributed by atoms with E-state index in [1.807, 2.05) is 0 Å². The molecule has 1 aromatic carbocycles. The smallest absolute Gasteiger partial charge is 0.397 e. The number of nitrogens with one attached hydrogen (secondary N) is 2. The molecule has 5 atom stereocenters. The first-order chi connectivity index (χ1) is 13.5. The Labute approximate surface area is 166 Å². The topological polar surface area (TPSA) is 181 Å². The van der Waals surface area contributed by atoms with E-state index in [4.69, 9.17) is 14.0 Å². The van der Waals surface area contributed by atoms with Gasteiger partial charge in [0.15, 0.2) is 0 Å². The molecule has 0 bridgehead atoms. The molecule has 2 rings (SSSR count). The first kappa shape index (κ1) is 23.0. The summed E-state index contributed by atoms with van der Waals surface area (Å²) in [6.07, 6.45) is -6.14. The zero-order valence-electron chi connectivity index (χ0n) is 15.5. The molecule has 29 heavy (non-hydrogen) atoms. The molecule has 1 aliphatic rings. The van der Waals surface area contributed by atoms with Crippen molar-refractivity contribution in [2.75, 3.05) is 11.9 Å². The number of aliphatic hydroxyl groups excluding tert-OH is 2. The highest BCUT2D eigenvalue weighted by molar-refractivity contribution is 7.80. The minimum absolute atomic E-state index is 0.234. The maximum atomic E-state index is 11.5. The van der Waals surface area contributed by atoms with E-state index in [1.54, 1.807) is 0 Å². The number of ether oxygens (including phenoxy) is 2. The van der Waals surface area contributed by atoms with Crippen molar-refractivity contribution in [3.8, 4) is 5.75 Å². The van der Waals surface area contributed by atoms with Gasteiger partial charge in [-0.3, -0.25) is 14.1 Å². The number of carbonyl (C=O) groups is 2. The lowest BCUT2D eigenvalue weighted by atomic mass is 9.97. The van der Waals surface area contributed by atoms with E-state index >= 15 is 0 Å².